The molecule has 0 aliphatic carbocycles. The van der Waals surface area contributed by atoms with Gasteiger partial charge in [0.25, 0.3) is 0 Å². The van der Waals surface area contributed by atoms with Gasteiger partial charge in [-0.25, -0.2) is 0 Å². The zero-order chi connectivity index (χ0) is 19.6. The fraction of sp³-hybridized carbons (Fsp3) is 0.0385. The van der Waals surface area contributed by atoms with Crippen molar-refractivity contribution in [3.8, 4) is 0 Å². The van der Waals surface area contributed by atoms with E-state index < -0.39 is 0 Å². The third kappa shape index (κ3) is 3.07. The number of nitrogens with two attached hydrogens (primary N) is 1. The highest BCUT2D eigenvalue weighted by molar-refractivity contribution is 6.15. The molecule has 0 saturated heterocycles. The van der Waals surface area contributed by atoms with E-state index in [1.54, 1.807) is 0 Å². The predicted octanol–water partition coefficient (Wildman–Crippen LogP) is 5.87. The van der Waals surface area contributed by atoms with Gasteiger partial charge in [0.15, 0.2) is 0 Å². The minimum Gasteiger partial charge on any atom is -0.398 e. The van der Waals surface area contributed by atoms with Gasteiger partial charge < -0.3 is 10.3 Å². The van der Waals surface area contributed by atoms with Crippen LogP contribution in [0.1, 0.15) is 11.1 Å². The number of anilines is 1. The van der Waals surface area contributed by atoms with Gasteiger partial charge in [-0.15, -0.1) is 0 Å². The van der Waals surface area contributed by atoms with Crippen molar-refractivity contribution in [2.75, 3.05) is 5.73 Å². The van der Waals surface area contributed by atoms with Gasteiger partial charge in [-0.1, -0.05) is 84.9 Å². The topological polar surface area (TPSA) is 43.3 Å². The van der Waals surface area contributed by atoms with Crippen LogP contribution in [-0.4, -0.2) is 10.3 Å². The average Bonchev–Trinajstić information content (AvgIpc) is 3.10. The second-order valence-corrected chi connectivity index (χ2v) is 7.06. The fourth-order valence-corrected chi connectivity index (χ4v) is 3.94. The van der Waals surface area contributed by atoms with E-state index in [1.165, 1.54) is 21.8 Å². The molecule has 29 heavy (non-hydrogen) atoms. The zero-order valence-electron chi connectivity index (χ0n) is 16.0. The number of benzene rings is 4. The summed E-state index contributed by atoms with van der Waals surface area (Å²) in [6, 6.07) is 35.1. The number of para-hydroxylation sites is 3. The highest BCUT2D eigenvalue weighted by Crippen LogP contribution is 2.29. The number of hydrogen-bond donors (Lipinski definition) is 1. The summed E-state index contributed by atoms with van der Waals surface area (Å²) in [5, 5.41) is 2.50. The first-order valence-corrected chi connectivity index (χ1v) is 9.73. The van der Waals surface area contributed by atoms with Crippen LogP contribution in [-0.2, 0) is 6.67 Å². The number of fused-ring (bicyclic) bond motifs is 3. The number of nitrogens with zero attached hydrogens (tertiary/aromatic N) is 2. The van der Waals surface area contributed by atoms with Crippen LogP contribution in [0.5, 0.6) is 0 Å². The van der Waals surface area contributed by atoms with Crippen LogP contribution >= 0.6 is 0 Å². The molecule has 5 rings (SSSR count). The van der Waals surface area contributed by atoms with E-state index in [0.29, 0.717) is 6.67 Å². The first-order valence-electron chi connectivity index (χ1n) is 9.73. The van der Waals surface area contributed by atoms with E-state index in [9.17, 15) is 0 Å². The van der Waals surface area contributed by atoms with E-state index in [1.807, 2.05) is 42.5 Å². The molecule has 1 aromatic heterocycles. The number of aliphatic imine (C=N–C) groups is 1. The molecule has 0 saturated carbocycles. The maximum atomic E-state index is 6.30. The lowest BCUT2D eigenvalue weighted by Crippen LogP contribution is -2.09. The first-order chi connectivity index (χ1) is 14.3. The molecule has 0 radical (unpaired) electrons. The van der Waals surface area contributed by atoms with Gasteiger partial charge in [-0.2, -0.15) is 0 Å². The predicted molar refractivity (Wildman–Crippen MR) is 122 cm³/mol. The Bertz CT molecular complexity index is 1280. The highest BCUT2D eigenvalue weighted by Gasteiger charge is 2.12. The normalized spacial score (nSPS) is 11.9. The van der Waals surface area contributed by atoms with E-state index >= 15 is 0 Å². The van der Waals surface area contributed by atoms with E-state index in [4.69, 9.17) is 10.7 Å². The van der Waals surface area contributed by atoms with Crippen molar-refractivity contribution < 1.29 is 0 Å². The van der Waals surface area contributed by atoms with Gasteiger partial charge in [0.05, 0.1) is 16.7 Å². The number of rotatable bonds is 4. The number of aromatic nitrogens is 1. The van der Waals surface area contributed by atoms with Crippen LogP contribution in [0, 0.1) is 0 Å². The van der Waals surface area contributed by atoms with Gasteiger partial charge in [-0.3, -0.25) is 4.99 Å². The molecule has 3 nitrogen and oxygen atoms in total. The molecule has 0 unspecified atom stereocenters. The lowest BCUT2D eigenvalue weighted by atomic mass is 10.0. The molecule has 0 spiro atoms. The molecule has 5 aromatic rings. The summed E-state index contributed by atoms with van der Waals surface area (Å²) in [5.74, 6) is 0. The van der Waals surface area contributed by atoms with Crippen molar-refractivity contribution in [2.24, 2.45) is 4.99 Å². The lowest BCUT2D eigenvalue weighted by Gasteiger charge is -2.12. The smallest absolute Gasteiger partial charge is 0.115 e. The summed E-state index contributed by atoms with van der Waals surface area (Å²) in [7, 11) is 0. The molecule has 1 heterocycles. The van der Waals surface area contributed by atoms with E-state index in [-0.39, 0.29) is 0 Å². The summed E-state index contributed by atoms with van der Waals surface area (Å²) in [6.45, 7) is 0.520. The Morgan fingerprint density at radius 1 is 0.655 bits per heavy atom. The molecule has 3 heteroatoms. The molecule has 0 bridgehead atoms. The largest absolute Gasteiger partial charge is 0.398 e. The standard InChI is InChI=1S/C26H21N3/c27-23-15-7-4-14-22(23)26(19-10-2-1-3-11-19)28-18-29-24-16-8-5-12-20(24)21-13-6-9-17-25(21)29/h1-17H,18,27H2/b28-26-. The number of nitrogen functional groups attached to an aromatic ring is 1. The molecule has 0 aliphatic rings. The van der Waals surface area contributed by atoms with Gasteiger partial charge in [0, 0.05) is 27.6 Å². The summed E-state index contributed by atoms with van der Waals surface area (Å²) < 4.78 is 2.27. The summed E-state index contributed by atoms with van der Waals surface area (Å²) >= 11 is 0. The van der Waals surface area contributed by atoms with E-state index in [0.717, 1.165) is 22.5 Å². The van der Waals surface area contributed by atoms with E-state index in [2.05, 4.69) is 65.2 Å². The molecule has 0 aliphatic heterocycles. The zero-order valence-corrected chi connectivity index (χ0v) is 16.0. The quantitative estimate of drug-likeness (QED) is 0.310. The van der Waals surface area contributed by atoms with Gasteiger partial charge >= 0.3 is 0 Å². The Hall–Kier alpha value is -3.85. The average molecular weight is 375 g/mol. The van der Waals surface area contributed by atoms with Crippen LogP contribution in [0.2, 0.25) is 0 Å². The monoisotopic (exact) mass is 375 g/mol. The van der Waals surface area contributed by atoms with Crippen LogP contribution in [0.3, 0.4) is 0 Å². The third-order valence-corrected chi connectivity index (χ3v) is 5.31. The second-order valence-electron chi connectivity index (χ2n) is 7.06. The maximum absolute atomic E-state index is 6.30. The van der Waals surface area contributed by atoms with Crippen LogP contribution < -0.4 is 5.73 Å². The Morgan fingerprint density at radius 3 is 1.86 bits per heavy atom. The summed E-state index contributed by atoms with van der Waals surface area (Å²) in [5.41, 5.74) is 12.3. The van der Waals surface area contributed by atoms with Crippen molar-refractivity contribution in [1.82, 2.24) is 4.57 Å². The van der Waals surface area contributed by atoms with Crippen molar-refractivity contribution in [2.45, 2.75) is 6.67 Å². The van der Waals surface area contributed by atoms with Gasteiger partial charge in [0.1, 0.15) is 6.67 Å². The second kappa shape index (κ2) is 7.28. The first kappa shape index (κ1) is 17.3. The van der Waals surface area contributed by atoms with Crippen LogP contribution in [0.15, 0.2) is 108 Å². The van der Waals surface area contributed by atoms with Gasteiger partial charge in [-0.05, 0) is 18.2 Å². The molecule has 0 fully saturated rings. The Kier molecular flexibility index (Phi) is 4.34. The minimum absolute atomic E-state index is 0.520. The Morgan fingerprint density at radius 2 is 1.21 bits per heavy atom. The Balaban J connectivity index is 1.69. The molecule has 0 atom stereocenters. The van der Waals surface area contributed by atoms with Crippen molar-refractivity contribution >= 4 is 33.2 Å². The number of hydrogen-bond acceptors (Lipinski definition) is 2. The molecule has 2 N–H and O–H groups in total. The minimum atomic E-state index is 0.520. The molecule has 4 aromatic carbocycles. The Labute approximate surface area is 169 Å². The molecule has 140 valence electrons. The van der Waals surface area contributed by atoms with Crippen molar-refractivity contribution in [3.63, 3.8) is 0 Å². The summed E-state index contributed by atoms with van der Waals surface area (Å²) in [4.78, 5) is 5.07. The van der Waals surface area contributed by atoms with Gasteiger partial charge in [0.2, 0.25) is 0 Å². The molecular formula is C26H21N3. The van der Waals surface area contributed by atoms with Crippen LogP contribution in [0.4, 0.5) is 5.69 Å². The SMILES string of the molecule is Nc1ccccc1/C(=N\Cn1c2ccccc2c2ccccc21)c1ccccc1. The maximum Gasteiger partial charge on any atom is 0.115 e. The highest BCUT2D eigenvalue weighted by atomic mass is 15.1. The third-order valence-electron chi connectivity index (χ3n) is 5.31. The van der Waals surface area contributed by atoms with Crippen LogP contribution in [0.25, 0.3) is 21.8 Å². The molecular weight excluding hydrogens is 354 g/mol. The summed E-state index contributed by atoms with van der Waals surface area (Å²) in [6.07, 6.45) is 0. The van der Waals surface area contributed by atoms with Crippen molar-refractivity contribution in [1.29, 1.82) is 0 Å². The molecule has 0 amide bonds. The lowest BCUT2D eigenvalue weighted by molar-refractivity contribution is 0.793. The van der Waals surface area contributed by atoms with Crippen molar-refractivity contribution in [3.05, 3.63) is 114 Å². The fourth-order valence-electron chi connectivity index (χ4n) is 3.94.